The molecule has 0 saturated carbocycles. The standard InChI is InChI=1S/C18H18Cl2N2O4/c1-8-14(10(3)23)9(2)21-16(8)18(25)26-11(4)17(24)22-13-7-5-6-12(19)15(13)20/h5-7,11,21H,1-4H3,(H,22,24). The third kappa shape index (κ3) is 4.08. The highest BCUT2D eigenvalue weighted by atomic mass is 35.5. The first-order chi connectivity index (χ1) is 12.1. The minimum Gasteiger partial charge on any atom is -0.448 e. The Morgan fingerprint density at radius 1 is 1.19 bits per heavy atom. The molecule has 0 saturated heterocycles. The van der Waals surface area contributed by atoms with Gasteiger partial charge < -0.3 is 15.0 Å². The van der Waals surface area contributed by atoms with Crippen LogP contribution >= 0.6 is 23.2 Å². The first-order valence-electron chi connectivity index (χ1n) is 7.79. The van der Waals surface area contributed by atoms with Crippen molar-refractivity contribution in [3.05, 3.63) is 50.8 Å². The number of carbonyl (C=O) groups excluding carboxylic acids is 3. The number of aryl methyl sites for hydroxylation is 1. The van der Waals surface area contributed by atoms with Crippen LogP contribution in [0.4, 0.5) is 5.69 Å². The first-order valence-corrected chi connectivity index (χ1v) is 8.55. The number of H-pyrrole nitrogens is 1. The number of Topliss-reactive ketones (excluding diaryl/α,β-unsaturated/α-hetero) is 1. The van der Waals surface area contributed by atoms with Crippen molar-refractivity contribution in [2.24, 2.45) is 0 Å². The van der Waals surface area contributed by atoms with E-state index in [0.717, 1.165) is 0 Å². The van der Waals surface area contributed by atoms with Crippen molar-refractivity contribution in [2.75, 3.05) is 5.32 Å². The second-order valence-corrected chi connectivity index (χ2v) is 6.60. The lowest BCUT2D eigenvalue weighted by atomic mass is 10.1. The quantitative estimate of drug-likeness (QED) is 0.581. The molecule has 1 aromatic heterocycles. The maximum atomic E-state index is 12.4. The molecule has 2 N–H and O–H groups in total. The van der Waals surface area contributed by atoms with Crippen molar-refractivity contribution in [1.29, 1.82) is 0 Å². The summed E-state index contributed by atoms with van der Waals surface area (Å²) in [4.78, 5) is 39.1. The third-order valence-corrected chi connectivity index (χ3v) is 4.68. The van der Waals surface area contributed by atoms with Gasteiger partial charge in [0.25, 0.3) is 5.91 Å². The van der Waals surface area contributed by atoms with Gasteiger partial charge in [0.15, 0.2) is 11.9 Å². The lowest BCUT2D eigenvalue weighted by molar-refractivity contribution is -0.123. The Morgan fingerprint density at radius 3 is 2.42 bits per heavy atom. The van der Waals surface area contributed by atoms with Crippen molar-refractivity contribution >= 4 is 46.5 Å². The van der Waals surface area contributed by atoms with E-state index in [1.54, 1.807) is 32.0 Å². The number of hydrogen-bond donors (Lipinski definition) is 2. The molecule has 1 heterocycles. The highest BCUT2D eigenvalue weighted by Gasteiger charge is 2.25. The number of benzene rings is 1. The molecule has 1 atom stereocenters. The number of amides is 1. The summed E-state index contributed by atoms with van der Waals surface area (Å²) >= 11 is 11.9. The summed E-state index contributed by atoms with van der Waals surface area (Å²) in [6, 6.07) is 4.80. The van der Waals surface area contributed by atoms with Crippen LogP contribution in [-0.4, -0.2) is 28.7 Å². The van der Waals surface area contributed by atoms with Crippen LogP contribution in [0.25, 0.3) is 0 Å². The molecule has 1 unspecified atom stereocenters. The fraction of sp³-hybridized carbons (Fsp3) is 0.278. The number of carbonyl (C=O) groups is 3. The van der Waals surface area contributed by atoms with Crippen LogP contribution in [0.15, 0.2) is 18.2 Å². The predicted octanol–water partition coefficient (Wildman–Crippen LogP) is 4.32. The summed E-state index contributed by atoms with van der Waals surface area (Å²) in [5.41, 5.74) is 1.97. The number of anilines is 1. The monoisotopic (exact) mass is 396 g/mol. The molecular formula is C18H18Cl2N2O4. The Morgan fingerprint density at radius 2 is 1.85 bits per heavy atom. The van der Waals surface area contributed by atoms with Crippen LogP contribution in [0.2, 0.25) is 10.0 Å². The van der Waals surface area contributed by atoms with Gasteiger partial charge in [0.2, 0.25) is 0 Å². The predicted molar refractivity (Wildman–Crippen MR) is 100 cm³/mol. The Bertz CT molecular complexity index is 890. The highest BCUT2D eigenvalue weighted by molar-refractivity contribution is 6.44. The number of nitrogens with one attached hydrogen (secondary N) is 2. The lowest BCUT2D eigenvalue weighted by Gasteiger charge is -2.14. The normalized spacial score (nSPS) is 11.8. The fourth-order valence-electron chi connectivity index (χ4n) is 2.59. The van der Waals surface area contributed by atoms with Crippen molar-refractivity contribution in [3.63, 3.8) is 0 Å². The van der Waals surface area contributed by atoms with Crippen LogP contribution in [0.5, 0.6) is 0 Å². The molecule has 0 spiro atoms. The highest BCUT2D eigenvalue weighted by Crippen LogP contribution is 2.29. The number of esters is 1. The smallest absolute Gasteiger partial charge is 0.355 e. The van der Waals surface area contributed by atoms with Crippen molar-refractivity contribution in [2.45, 2.75) is 33.8 Å². The van der Waals surface area contributed by atoms with E-state index in [-0.39, 0.29) is 16.5 Å². The van der Waals surface area contributed by atoms with E-state index in [1.807, 2.05) is 0 Å². The molecule has 0 aliphatic heterocycles. The number of aromatic amines is 1. The fourth-order valence-corrected chi connectivity index (χ4v) is 2.94. The average molecular weight is 397 g/mol. The summed E-state index contributed by atoms with van der Waals surface area (Å²) in [7, 11) is 0. The summed E-state index contributed by atoms with van der Waals surface area (Å²) < 4.78 is 5.20. The molecule has 0 fully saturated rings. The van der Waals surface area contributed by atoms with E-state index >= 15 is 0 Å². The summed E-state index contributed by atoms with van der Waals surface area (Å²) in [5.74, 6) is -1.44. The lowest BCUT2D eigenvalue weighted by Crippen LogP contribution is -2.30. The first kappa shape index (κ1) is 20.0. The van der Waals surface area contributed by atoms with Gasteiger partial charge >= 0.3 is 5.97 Å². The molecule has 0 radical (unpaired) electrons. The van der Waals surface area contributed by atoms with Crippen molar-refractivity contribution in [3.8, 4) is 0 Å². The zero-order valence-electron chi connectivity index (χ0n) is 14.7. The number of ether oxygens (including phenoxy) is 1. The zero-order valence-corrected chi connectivity index (χ0v) is 16.2. The molecule has 8 heteroatoms. The Hall–Kier alpha value is -2.31. The van der Waals surface area contributed by atoms with Gasteiger partial charge in [0.05, 0.1) is 15.7 Å². The van der Waals surface area contributed by atoms with E-state index in [4.69, 9.17) is 27.9 Å². The molecule has 26 heavy (non-hydrogen) atoms. The largest absolute Gasteiger partial charge is 0.448 e. The summed E-state index contributed by atoms with van der Waals surface area (Å²) in [6.07, 6.45) is -1.08. The Balaban J connectivity index is 2.12. The van der Waals surface area contributed by atoms with E-state index < -0.39 is 18.0 Å². The molecule has 2 aromatic rings. The number of rotatable bonds is 5. The van der Waals surface area contributed by atoms with Gasteiger partial charge in [-0.05, 0) is 45.4 Å². The molecule has 0 bridgehead atoms. The van der Waals surface area contributed by atoms with Crippen molar-refractivity contribution < 1.29 is 19.1 Å². The molecule has 0 aliphatic rings. The van der Waals surface area contributed by atoms with Crippen LogP contribution in [0, 0.1) is 13.8 Å². The van der Waals surface area contributed by atoms with Crippen LogP contribution in [0.3, 0.4) is 0 Å². The van der Waals surface area contributed by atoms with Gasteiger partial charge in [-0.25, -0.2) is 4.79 Å². The average Bonchev–Trinajstić information content (AvgIpc) is 2.86. The summed E-state index contributed by atoms with van der Waals surface area (Å²) in [6.45, 7) is 6.19. The number of hydrogen-bond acceptors (Lipinski definition) is 4. The number of ketones is 1. The molecular weight excluding hydrogens is 379 g/mol. The minimum atomic E-state index is -1.08. The Labute approximate surface area is 160 Å². The van der Waals surface area contributed by atoms with E-state index in [2.05, 4.69) is 10.3 Å². The van der Waals surface area contributed by atoms with E-state index in [1.165, 1.54) is 13.8 Å². The Kier molecular flexibility index (Phi) is 6.10. The van der Waals surface area contributed by atoms with Gasteiger partial charge in [-0.15, -0.1) is 0 Å². The van der Waals surface area contributed by atoms with E-state index in [9.17, 15) is 14.4 Å². The van der Waals surface area contributed by atoms with Gasteiger partial charge in [0.1, 0.15) is 5.69 Å². The van der Waals surface area contributed by atoms with Gasteiger partial charge in [-0.3, -0.25) is 9.59 Å². The van der Waals surface area contributed by atoms with E-state index in [0.29, 0.717) is 27.5 Å². The molecule has 138 valence electrons. The second kappa shape index (κ2) is 7.93. The number of halogens is 2. The molecule has 1 aromatic carbocycles. The molecule has 6 nitrogen and oxygen atoms in total. The maximum Gasteiger partial charge on any atom is 0.355 e. The van der Waals surface area contributed by atoms with Gasteiger partial charge in [-0.1, -0.05) is 29.3 Å². The van der Waals surface area contributed by atoms with Gasteiger partial charge in [-0.2, -0.15) is 0 Å². The van der Waals surface area contributed by atoms with Crippen LogP contribution < -0.4 is 5.32 Å². The molecule has 2 rings (SSSR count). The van der Waals surface area contributed by atoms with Gasteiger partial charge in [0, 0.05) is 11.3 Å². The van der Waals surface area contributed by atoms with Crippen molar-refractivity contribution in [1.82, 2.24) is 4.98 Å². The summed E-state index contributed by atoms with van der Waals surface area (Å²) in [5, 5.41) is 3.05. The third-order valence-electron chi connectivity index (χ3n) is 3.86. The topological polar surface area (TPSA) is 88.3 Å². The zero-order chi connectivity index (χ0) is 19.6. The maximum absolute atomic E-state index is 12.4. The molecule has 0 aliphatic carbocycles. The SMILES string of the molecule is CC(=O)c1c(C)[nH]c(C(=O)OC(C)C(=O)Nc2cccc(Cl)c2Cl)c1C. The number of aromatic nitrogens is 1. The van der Waals surface area contributed by atoms with Crippen LogP contribution in [-0.2, 0) is 9.53 Å². The minimum absolute atomic E-state index is 0.146. The second-order valence-electron chi connectivity index (χ2n) is 5.82. The molecule has 1 amide bonds. The van der Waals surface area contributed by atoms with Crippen LogP contribution in [0.1, 0.15) is 46.0 Å².